The molecule has 11 heteroatoms. The normalized spacial score (nSPS) is 11.9. The molecule has 3 aromatic carbocycles. The first-order valence-electron chi connectivity index (χ1n) is 12.7. The molecule has 0 aromatic heterocycles. The summed E-state index contributed by atoms with van der Waals surface area (Å²) in [4.78, 5) is 28.2. The van der Waals surface area contributed by atoms with Gasteiger partial charge in [-0.2, -0.15) is 0 Å². The zero-order valence-electron chi connectivity index (χ0n) is 22.9. The van der Waals surface area contributed by atoms with Crippen LogP contribution in [0.15, 0.2) is 71.6 Å². The molecule has 0 spiro atoms. The molecule has 0 aliphatic carbocycles. The van der Waals surface area contributed by atoms with Crippen LogP contribution in [-0.4, -0.2) is 51.4 Å². The summed E-state index contributed by atoms with van der Waals surface area (Å²) >= 11 is 12.4. The van der Waals surface area contributed by atoms with Crippen LogP contribution in [0.2, 0.25) is 10.0 Å². The van der Waals surface area contributed by atoms with Gasteiger partial charge < -0.3 is 15.0 Å². The highest BCUT2D eigenvalue weighted by Crippen LogP contribution is 2.30. The van der Waals surface area contributed by atoms with Crippen LogP contribution in [-0.2, 0) is 26.2 Å². The highest BCUT2D eigenvalue weighted by molar-refractivity contribution is 7.92. The van der Waals surface area contributed by atoms with E-state index in [9.17, 15) is 18.0 Å². The van der Waals surface area contributed by atoms with Crippen LogP contribution >= 0.6 is 23.2 Å². The average Bonchev–Trinajstić information content (AvgIpc) is 2.92. The van der Waals surface area contributed by atoms with Crippen LogP contribution in [0.3, 0.4) is 0 Å². The second-order valence-electron chi connectivity index (χ2n) is 9.29. The van der Waals surface area contributed by atoms with Crippen molar-refractivity contribution in [2.45, 2.75) is 44.7 Å². The second kappa shape index (κ2) is 13.9. The fourth-order valence-corrected chi connectivity index (χ4v) is 5.87. The summed E-state index contributed by atoms with van der Waals surface area (Å²) in [6.07, 6.45) is 0.725. The first kappa shape index (κ1) is 31.3. The van der Waals surface area contributed by atoms with E-state index in [0.717, 1.165) is 21.9 Å². The van der Waals surface area contributed by atoms with Crippen molar-refractivity contribution in [3.05, 3.63) is 87.9 Å². The maximum absolute atomic E-state index is 13.9. The van der Waals surface area contributed by atoms with Crippen molar-refractivity contribution in [1.82, 2.24) is 10.2 Å². The fraction of sp³-hybridized carbons (Fsp3) is 0.310. The highest BCUT2D eigenvalue weighted by Gasteiger charge is 2.32. The maximum atomic E-state index is 13.9. The molecule has 8 nitrogen and oxygen atoms in total. The number of methoxy groups -OCH3 is 1. The number of anilines is 1. The minimum absolute atomic E-state index is 0.00237. The summed E-state index contributed by atoms with van der Waals surface area (Å²) in [5, 5.41) is 3.23. The SMILES string of the molecule is CCCNC(=O)[C@H](C)N(Cc1ccc(OC)cc1)C(=O)CN(c1cc(Cl)cc(Cl)c1)S(=O)(=O)c1ccc(C)cc1. The zero-order chi connectivity index (χ0) is 29.4. The molecule has 0 radical (unpaired) electrons. The molecule has 3 rings (SSSR count). The molecule has 2 amide bonds. The van der Waals surface area contributed by atoms with E-state index < -0.39 is 28.5 Å². The first-order chi connectivity index (χ1) is 19.0. The van der Waals surface area contributed by atoms with Gasteiger partial charge in [0.1, 0.15) is 18.3 Å². The number of hydrogen-bond acceptors (Lipinski definition) is 5. The summed E-state index contributed by atoms with van der Waals surface area (Å²) in [6.45, 7) is 5.31. The number of ether oxygens (including phenoxy) is 1. The molecule has 0 aliphatic rings. The van der Waals surface area contributed by atoms with Crippen LogP contribution in [0.5, 0.6) is 5.75 Å². The number of rotatable bonds is 12. The number of benzene rings is 3. The summed E-state index contributed by atoms with van der Waals surface area (Å²) in [5.41, 5.74) is 1.74. The third kappa shape index (κ3) is 7.90. The Morgan fingerprint density at radius 2 is 1.57 bits per heavy atom. The third-order valence-electron chi connectivity index (χ3n) is 6.25. The summed E-state index contributed by atoms with van der Waals surface area (Å²) in [6, 6.07) is 16.8. The van der Waals surface area contributed by atoms with E-state index in [1.165, 1.54) is 35.2 Å². The smallest absolute Gasteiger partial charge is 0.264 e. The quantitative estimate of drug-likeness (QED) is 0.296. The van der Waals surface area contributed by atoms with Crippen molar-refractivity contribution in [2.75, 3.05) is 24.5 Å². The van der Waals surface area contributed by atoms with Crippen LogP contribution in [0.4, 0.5) is 5.69 Å². The van der Waals surface area contributed by atoms with E-state index in [2.05, 4.69) is 5.32 Å². The number of hydrogen-bond donors (Lipinski definition) is 1. The van der Waals surface area contributed by atoms with Gasteiger partial charge in [0, 0.05) is 23.1 Å². The minimum Gasteiger partial charge on any atom is -0.497 e. The van der Waals surface area contributed by atoms with Crippen molar-refractivity contribution in [3.63, 3.8) is 0 Å². The molecular formula is C29H33Cl2N3O5S. The van der Waals surface area contributed by atoms with Crippen LogP contribution in [0.1, 0.15) is 31.4 Å². The lowest BCUT2D eigenvalue weighted by Gasteiger charge is -2.32. The van der Waals surface area contributed by atoms with Gasteiger partial charge in [-0.25, -0.2) is 8.42 Å². The molecule has 3 aromatic rings. The molecule has 0 bridgehead atoms. The molecule has 0 saturated carbocycles. The van der Waals surface area contributed by atoms with Crippen molar-refractivity contribution in [1.29, 1.82) is 0 Å². The largest absolute Gasteiger partial charge is 0.497 e. The molecular weight excluding hydrogens is 573 g/mol. The Bertz CT molecular complexity index is 1410. The number of carbonyl (C=O) groups excluding carboxylic acids is 2. The van der Waals surface area contributed by atoms with Crippen molar-refractivity contribution >= 4 is 50.7 Å². The zero-order valence-corrected chi connectivity index (χ0v) is 25.2. The number of nitrogens with one attached hydrogen (secondary N) is 1. The van der Waals surface area contributed by atoms with E-state index in [0.29, 0.717) is 12.3 Å². The van der Waals surface area contributed by atoms with Gasteiger partial charge in [0.2, 0.25) is 11.8 Å². The topological polar surface area (TPSA) is 96.0 Å². The van der Waals surface area contributed by atoms with E-state index in [1.54, 1.807) is 50.4 Å². The summed E-state index contributed by atoms with van der Waals surface area (Å²) in [5.74, 6) is -0.284. The molecule has 0 unspecified atom stereocenters. The second-order valence-corrected chi connectivity index (χ2v) is 12.0. The standard InChI is InChI=1S/C29H33Cl2N3O5S/c1-5-14-32-29(36)21(3)33(18-22-8-10-26(39-4)11-9-22)28(35)19-34(25-16-23(30)15-24(31)17-25)40(37,38)27-12-6-20(2)7-13-27/h6-13,15-17,21H,5,14,18-19H2,1-4H3,(H,32,36)/t21-/m0/s1. The van der Waals surface area contributed by atoms with Gasteiger partial charge in [0.25, 0.3) is 10.0 Å². The number of nitrogens with zero attached hydrogens (tertiary/aromatic N) is 2. The molecule has 214 valence electrons. The molecule has 1 atom stereocenters. The van der Waals surface area contributed by atoms with Gasteiger partial charge in [-0.3, -0.25) is 13.9 Å². The van der Waals surface area contributed by atoms with Gasteiger partial charge in [-0.05, 0) is 68.3 Å². The van der Waals surface area contributed by atoms with Gasteiger partial charge in [0.15, 0.2) is 0 Å². The maximum Gasteiger partial charge on any atom is 0.264 e. The van der Waals surface area contributed by atoms with E-state index in [4.69, 9.17) is 27.9 Å². The first-order valence-corrected chi connectivity index (χ1v) is 14.9. The molecule has 40 heavy (non-hydrogen) atoms. The minimum atomic E-state index is -4.22. The number of halogens is 2. The summed E-state index contributed by atoms with van der Waals surface area (Å²) in [7, 11) is -2.67. The average molecular weight is 607 g/mol. The van der Waals surface area contributed by atoms with Crippen molar-refractivity contribution in [3.8, 4) is 5.75 Å². The molecule has 0 fully saturated rings. The Labute approximate surface area is 245 Å². The lowest BCUT2D eigenvalue weighted by Crippen LogP contribution is -2.51. The van der Waals surface area contributed by atoms with Crippen LogP contribution < -0.4 is 14.4 Å². The number of amides is 2. The molecule has 0 saturated heterocycles. The molecule has 1 N–H and O–H groups in total. The summed E-state index contributed by atoms with van der Waals surface area (Å²) < 4.78 is 33.9. The van der Waals surface area contributed by atoms with Crippen LogP contribution in [0.25, 0.3) is 0 Å². The number of aryl methyl sites for hydroxylation is 1. The highest BCUT2D eigenvalue weighted by atomic mass is 35.5. The van der Waals surface area contributed by atoms with Gasteiger partial charge >= 0.3 is 0 Å². The third-order valence-corrected chi connectivity index (χ3v) is 8.48. The Kier molecular flexibility index (Phi) is 10.8. The Hall–Kier alpha value is -3.27. The predicted molar refractivity (Wildman–Crippen MR) is 158 cm³/mol. The number of sulfonamides is 1. The monoisotopic (exact) mass is 605 g/mol. The van der Waals surface area contributed by atoms with Crippen LogP contribution in [0, 0.1) is 6.92 Å². The lowest BCUT2D eigenvalue weighted by molar-refractivity contribution is -0.139. The Morgan fingerprint density at radius 3 is 2.12 bits per heavy atom. The molecule has 0 heterocycles. The van der Waals surface area contributed by atoms with Crippen molar-refractivity contribution in [2.24, 2.45) is 0 Å². The lowest BCUT2D eigenvalue weighted by atomic mass is 10.1. The fourth-order valence-electron chi connectivity index (χ4n) is 3.96. The predicted octanol–water partition coefficient (Wildman–Crippen LogP) is 5.45. The molecule has 0 aliphatic heterocycles. The van der Waals surface area contributed by atoms with E-state index >= 15 is 0 Å². The van der Waals surface area contributed by atoms with E-state index in [1.807, 2.05) is 13.8 Å². The van der Waals surface area contributed by atoms with Gasteiger partial charge in [-0.15, -0.1) is 0 Å². The van der Waals surface area contributed by atoms with E-state index in [-0.39, 0.29) is 33.1 Å². The Morgan fingerprint density at radius 1 is 0.975 bits per heavy atom. The van der Waals surface area contributed by atoms with Gasteiger partial charge in [-0.1, -0.05) is 60.0 Å². The van der Waals surface area contributed by atoms with Crippen molar-refractivity contribution < 1.29 is 22.7 Å². The Balaban J connectivity index is 2.04. The number of carbonyl (C=O) groups is 2. The van der Waals surface area contributed by atoms with Gasteiger partial charge in [0.05, 0.1) is 17.7 Å².